The van der Waals surface area contributed by atoms with Gasteiger partial charge in [-0.2, -0.15) is 0 Å². The SMILES string of the molecule is CC(C)(C)C1CCCN(C(=O)c2cc(F)ccc2Br)CC1. The number of hydrogen-bond donors (Lipinski definition) is 0. The third-order valence-electron chi connectivity index (χ3n) is 4.40. The highest BCUT2D eigenvalue weighted by Crippen LogP contribution is 2.34. The van der Waals surface area contributed by atoms with Gasteiger partial charge in [-0.25, -0.2) is 4.39 Å². The minimum absolute atomic E-state index is 0.0732. The number of rotatable bonds is 1. The Bertz CT molecular complexity index is 524. The Morgan fingerprint density at radius 3 is 2.67 bits per heavy atom. The Morgan fingerprint density at radius 1 is 1.29 bits per heavy atom. The zero-order valence-electron chi connectivity index (χ0n) is 13.0. The molecule has 1 atom stereocenters. The van der Waals surface area contributed by atoms with Crippen molar-refractivity contribution in [2.75, 3.05) is 13.1 Å². The first-order chi connectivity index (χ1) is 9.79. The smallest absolute Gasteiger partial charge is 0.255 e. The van der Waals surface area contributed by atoms with Gasteiger partial charge in [0.2, 0.25) is 0 Å². The second kappa shape index (κ2) is 6.47. The van der Waals surface area contributed by atoms with Gasteiger partial charge in [0, 0.05) is 17.6 Å². The number of hydrogen-bond acceptors (Lipinski definition) is 1. The van der Waals surface area contributed by atoms with E-state index in [0.29, 0.717) is 16.0 Å². The molecule has 1 aliphatic rings. The Hall–Kier alpha value is -0.900. The molecule has 21 heavy (non-hydrogen) atoms. The average molecular weight is 356 g/mol. The van der Waals surface area contributed by atoms with Crippen LogP contribution < -0.4 is 0 Å². The number of benzene rings is 1. The van der Waals surface area contributed by atoms with E-state index >= 15 is 0 Å². The summed E-state index contributed by atoms with van der Waals surface area (Å²) in [6.45, 7) is 8.30. The summed E-state index contributed by atoms with van der Waals surface area (Å²) in [6, 6.07) is 4.27. The maximum atomic E-state index is 13.4. The topological polar surface area (TPSA) is 20.3 Å². The van der Waals surface area contributed by atoms with Gasteiger partial charge in [0.05, 0.1) is 5.56 Å². The Labute approximate surface area is 134 Å². The molecule has 1 heterocycles. The summed E-state index contributed by atoms with van der Waals surface area (Å²) in [7, 11) is 0. The third-order valence-corrected chi connectivity index (χ3v) is 5.09. The molecular formula is C17H23BrFNO. The van der Waals surface area contributed by atoms with Crippen molar-refractivity contribution in [1.29, 1.82) is 0 Å². The van der Waals surface area contributed by atoms with Crippen molar-refractivity contribution in [3.05, 3.63) is 34.1 Å². The molecule has 1 aromatic rings. The van der Waals surface area contributed by atoms with Crippen molar-refractivity contribution in [2.24, 2.45) is 11.3 Å². The van der Waals surface area contributed by atoms with Gasteiger partial charge < -0.3 is 4.90 Å². The quantitative estimate of drug-likeness (QED) is 0.703. The second-order valence-corrected chi connectivity index (χ2v) is 7.76. The lowest BCUT2D eigenvalue weighted by molar-refractivity contribution is 0.0754. The highest BCUT2D eigenvalue weighted by molar-refractivity contribution is 9.10. The van der Waals surface area contributed by atoms with Crippen LogP contribution in [0.5, 0.6) is 0 Å². The molecule has 1 fully saturated rings. The monoisotopic (exact) mass is 355 g/mol. The number of halogens is 2. The first kappa shape index (κ1) is 16.5. The Balaban J connectivity index is 2.12. The fourth-order valence-corrected chi connectivity index (χ4v) is 3.41. The maximum absolute atomic E-state index is 13.4. The van der Waals surface area contributed by atoms with Crippen LogP contribution >= 0.6 is 15.9 Å². The molecule has 0 aromatic heterocycles. The molecule has 0 aliphatic carbocycles. The average Bonchev–Trinajstić information content (AvgIpc) is 2.66. The predicted molar refractivity (Wildman–Crippen MR) is 86.8 cm³/mol. The summed E-state index contributed by atoms with van der Waals surface area (Å²) in [5, 5.41) is 0. The fraction of sp³-hybridized carbons (Fsp3) is 0.588. The van der Waals surface area contributed by atoms with Gasteiger partial charge in [-0.05, 0) is 64.7 Å². The number of nitrogens with zero attached hydrogens (tertiary/aromatic N) is 1. The van der Waals surface area contributed by atoms with E-state index in [2.05, 4.69) is 36.7 Å². The van der Waals surface area contributed by atoms with Crippen molar-refractivity contribution in [2.45, 2.75) is 40.0 Å². The third kappa shape index (κ3) is 4.06. The lowest BCUT2D eigenvalue weighted by Crippen LogP contribution is -2.32. The normalized spacial score (nSPS) is 20.2. The molecule has 1 amide bonds. The number of carbonyl (C=O) groups is 1. The van der Waals surface area contributed by atoms with Crippen molar-refractivity contribution in [1.82, 2.24) is 4.90 Å². The van der Waals surface area contributed by atoms with Crippen molar-refractivity contribution < 1.29 is 9.18 Å². The van der Waals surface area contributed by atoms with Gasteiger partial charge in [0.15, 0.2) is 0 Å². The molecule has 1 aromatic carbocycles. The minimum atomic E-state index is -0.371. The Kier molecular flexibility index (Phi) is 5.07. The molecule has 0 spiro atoms. The summed E-state index contributed by atoms with van der Waals surface area (Å²) >= 11 is 3.35. The largest absolute Gasteiger partial charge is 0.339 e. The van der Waals surface area contributed by atoms with Crippen LogP contribution in [0.15, 0.2) is 22.7 Å². The molecule has 0 N–H and O–H groups in total. The zero-order valence-corrected chi connectivity index (χ0v) is 14.5. The van der Waals surface area contributed by atoms with Gasteiger partial charge >= 0.3 is 0 Å². The molecule has 0 saturated carbocycles. The van der Waals surface area contributed by atoms with Crippen LogP contribution in [0, 0.1) is 17.2 Å². The molecule has 1 aliphatic heterocycles. The summed E-state index contributed by atoms with van der Waals surface area (Å²) in [5.41, 5.74) is 0.697. The van der Waals surface area contributed by atoms with E-state index in [0.717, 1.165) is 32.4 Å². The fourth-order valence-electron chi connectivity index (χ4n) is 3.00. The Morgan fingerprint density at radius 2 is 2.00 bits per heavy atom. The van der Waals surface area contributed by atoms with Crippen LogP contribution in [0.3, 0.4) is 0 Å². The van der Waals surface area contributed by atoms with Gasteiger partial charge in [-0.3, -0.25) is 4.79 Å². The predicted octanol–water partition coefficient (Wildman–Crippen LogP) is 4.88. The van der Waals surface area contributed by atoms with Crippen LogP contribution in [-0.2, 0) is 0 Å². The van der Waals surface area contributed by atoms with E-state index in [9.17, 15) is 9.18 Å². The van der Waals surface area contributed by atoms with Crippen LogP contribution in [0.1, 0.15) is 50.4 Å². The molecule has 2 nitrogen and oxygen atoms in total. The zero-order chi connectivity index (χ0) is 15.6. The lowest BCUT2D eigenvalue weighted by atomic mass is 9.77. The van der Waals surface area contributed by atoms with E-state index < -0.39 is 0 Å². The summed E-state index contributed by atoms with van der Waals surface area (Å²) in [6.07, 6.45) is 3.18. The van der Waals surface area contributed by atoms with Gasteiger partial charge in [-0.15, -0.1) is 0 Å². The molecule has 0 radical (unpaired) electrons. The van der Waals surface area contributed by atoms with E-state index in [1.807, 2.05) is 4.90 Å². The van der Waals surface area contributed by atoms with Gasteiger partial charge in [0.25, 0.3) is 5.91 Å². The molecule has 1 saturated heterocycles. The van der Waals surface area contributed by atoms with Crippen LogP contribution in [0.4, 0.5) is 4.39 Å². The molecule has 0 bridgehead atoms. The van der Waals surface area contributed by atoms with Gasteiger partial charge in [0.1, 0.15) is 5.82 Å². The maximum Gasteiger partial charge on any atom is 0.255 e. The second-order valence-electron chi connectivity index (χ2n) is 6.91. The van der Waals surface area contributed by atoms with Crippen molar-refractivity contribution in [3.63, 3.8) is 0 Å². The number of carbonyl (C=O) groups excluding carboxylic acids is 1. The minimum Gasteiger partial charge on any atom is -0.339 e. The summed E-state index contributed by atoms with van der Waals surface area (Å²) in [4.78, 5) is 14.5. The number of amides is 1. The van der Waals surface area contributed by atoms with Gasteiger partial charge in [-0.1, -0.05) is 20.8 Å². The van der Waals surface area contributed by atoms with Crippen molar-refractivity contribution in [3.8, 4) is 0 Å². The standard InChI is InChI=1S/C17H23BrFNO/c1-17(2,3)12-5-4-9-20(10-8-12)16(21)14-11-13(19)6-7-15(14)18/h6-7,11-12H,4-5,8-10H2,1-3H3. The molecule has 2 rings (SSSR count). The highest BCUT2D eigenvalue weighted by atomic mass is 79.9. The molecule has 116 valence electrons. The molecule has 1 unspecified atom stereocenters. The van der Waals surface area contributed by atoms with Crippen LogP contribution in [-0.4, -0.2) is 23.9 Å². The summed E-state index contributed by atoms with van der Waals surface area (Å²) < 4.78 is 14.0. The van der Waals surface area contributed by atoms with Crippen molar-refractivity contribution >= 4 is 21.8 Å². The first-order valence-electron chi connectivity index (χ1n) is 7.53. The molecular weight excluding hydrogens is 333 g/mol. The van der Waals surface area contributed by atoms with E-state index in [4.69, 9.17) is 0 Å². The van der Waals surface area contributed by atoms with E-state index in [1.54, 1.807) is 6.07 Å². The van der Waals surface area contributed by atoms with Crippen LogP contribution in [0.2, 0.25) is 0 Å². The van der Waals surface area contributed by atoms with E-state index in [1.165, 1.54) is 12.1 Å². The van der Waals surface area contributed by atoms with Crippen LogP contribution in [0.25, 0.3) is 0 Å². The lowest BCUT2D eigenvalue weighted by Gasteiger charge is -2.29. The van der Waals surface area contributed by atoms with E-state index in [-0.39, 0.29) is 17.1 Å². The molecule has 4 heteroatoms. The summed E-state index contributed by atoms with van der Waals surface area (Å²) in [5.74, 6) is 0.186. The first-order valence-corrected chi connectivity index (χ1v) is 8.32. The highest BCUT2D eigenvalue weighted by Gasteiger charge is 2.29. The number of likely N-dealkylation sites (tertiary alicyclic amines) is 1.